The first-order valence-corrected chi connectivity index (χ1v) is 4.48. The molecule has 0 spiro atoms. The van der Waals surface area contributed by atoms with Crippen LogP contribution in [0, 0.1) is 5.92 Å². The molecule has 0 saturated heterocycles. The van der Waals surface area contributed by atoms with E-state index in [1.165, 1.54) is 0 Å². The minimum absolute atomic E-state index is 0. The van der Waals surface area contributed by atoms with E-state index in [9.17, 15) is 4.79 Å². The standard InChI is InChI=1S/C7H11BrO2.In.3H/c8-6-3-1-2-5(4-6)7(9)10;;;;/h5-6H,1-4H2,(H,9,10);;;;. The summed E-state index contributed by atoms with van der Waals surface area (Å²) in [6.45, 7) is 0. The Morgan fingerprint density at radius 2 is 2.09 bits per heavy atom. The van der Waals surface area contributed by atoms with Crippen molar-refractivity contribution in [3.8, 4) is 0 Å². The molecule has 0 amide bonds. The number of aliphatic carboxylic acids is 1. The third-order valence-electron chi connectivity index (χ3n) is 1.96. The maximum atomic E-state index is 10.5. The molecule has 4 heteroatoms. The van der Waals surface area contributed by atoms with Crippen LogP contribution in [0.1, 0.15) is 25.7 Å². The van der Waals surface area contributed by atoms with Gasteiger partial charge in [-0.1, -0.05) is 22.4 Å². The first-order chi connectivity index (χ1) is 4.70. The van der Waals surface area contributed by atoms with Gasteiger partial charge in [-0.15, -0.1) is 0 Å². The summed E-state index contributed by atoms with van der Waals surface area (Å²) in [6.07, 6.45) is 3.84. The average molecular weight is 325 g/mol. The summed E-state index contributed by atoms with van der Waals surface area (Å²) in [5.41, 5.74) is 0. The fourth-order valence-electron chi connectivity index (χ4n) is 1.35. The Labute approximate surface area is 93.7 Å². The van der Waals surface area contributed by atoms with Crippen LogP contribution in [0.4, 0.5) is 0 Å². The monoisotopic (exact) mass is 324 g/mol. The molecule has 0 aromatic carbocycles. The van der Waals surface area contributed by atoms with E-state index in [1.54, 1.807) is 0 Å². The second-order valence-electron chi connectivity index (χ2n) is 2.80. The van der Waals surface area contributed by atoms with Gasteiger partial charge in [0.1, 0.15) is 0 Å². The Hall–Kier alpha value is 0.820. The Morgan fingerprint density at radius 1 is 1.45 bits per heavy atom. The first kappa shape index (κ1) is 11.8. The zero-order valence-corrected chi connectivity index (χ0v) is 7.30. The number of halogens is 1. The van der Waals surface area contributed by atoms with Gasteiger partial charge in [0, 0.05) is 4.83 Å². The second-order valence-corrected chi connectivity index (χ2v) is 4.09. The number of carboxylic acid groups (broad SMARTS) is 1. The molecule has 0 aromatic heterocycles. The summed E-state index contributed by atoms with van der Waals surface area (Å²) in [7, 11) is 0. The van der Waals surface area contributed by atoms with Crippen LogP contribution in [0.25, 0.3) is 0 Å². The van der Waals surface area contributed by atoms with Gasteiger partial charge in [0.2, 0.25) is 0 Å². The molecule has 2 unspecified atom stereocenters. The third-order valence-corrected chi connectivity index (χ3v) is 2.79. The Morgan fingerprint density at radius 3 is 2.45 bits per heavy atom. The molecule has 1 aliphatic rings. The van der Waals surface area contributed by atoms with E-state index in [2.05, 4.69) is 15.9 Å². The summed E-state index contributed by atoms with van der Waals surface area (Å²) in [4.78, 5) is 10.9. The number of hydrogen-bond donors (Lipinski definition) is 1. The molecule has 11 heavy (non-hydrogen) atoms. The fourth-order valence-corrected chi connectivity index (χ4v) is 2.13. The zero-order valence-electron chi connectivity index (χ0n) is 5.72. The second kappa shape index (κ2) is 5.46. The van der Waals surface area contributed by atoms with Crippen LogP contribution < -0.4 is 0 Å². The molecule has 64 valence electrons. The van der Waals surface area contributed by atoms with Crippen molar-refractivity contribution >= 4 is 47.7 Å². The van der Waals surface area contributed by atoms with E-state index < -0.39 is 5.97 Å². The Kier molecular flexibility index (Phi) is 5.87. The summed E-state index contributed by atoms with van der Waals surface area (Å²) in [6, 6.07) is 0. The van der Waals surface area contributed by atoms with Crippen molar-refractivity contribution in [3.63, 3.8) is 0 Å². The Balaban J connectivity index is 0.000001000. The van der Waals surface area contributed by atoms with E-state index in [1.807, 2.05) is 0 Å². The number of rotatable bonds is 1. The number of alkyl halides is 1. The summed E-state index contributed by atoms with van der Waals surface area (Å²) in [5, 5.41) is 8.64. The van der Waals surface area contributed by atoms with Crippen LogP contribution >= 0.6 is 15.9 Å². The van der Waals surface area contributed by atoms with Crippen molar-refractivity contribution < 1.29 is 9.90 Å². The van der Waals surface area contributed by atoms with Gasteiger partial charge in [0.05, 0.1) is 5.92 Å². The number of carboxylic acids is 1. The molecule has 0 radical (unpaired) electrons. The molecule has 0 bridgehead atoms. The Bertz CT molecular complexity index is 140. The molecule has 1 fully saturated rings. The van der Waals surface area contributed by atoms with Crippen LogP contribution in [0.2, 0.25) is 0 Å². The molecule has 1 saturated carbocycles. The van der Waals surface area contributed by atoms with Crippen molar-refractivity contribution in [2.75, 3.05) is 0 Å². The van der Waals surface area contributed by atoms with Gasteiger partial charge in [-0.3, -0.25) is 4.79 Å². The van der Waals surface area contributed by atoms with Gasteiger partial charge in [-0.05, 0) is 19.3 Å². The van der Waals surface area contributed by atoms with E-state index in [0.717, 1.165) is 25.7 Å². The van der Waals surface area contributed by atoms with Crippen LogP contribution in [0.3, 0.4) is 0 Å². The fraction of sp³-hybridized carbons (Fsp3) is 0.857. The third kappa shape index (κ3) is 3.83. The van der Waals surface area contributed by atoms with E-state index in [0.29, 0.717) is 4.83 Å². The van der Waals surface area contributed by atoms with Gasteiger partial charge in [0.15, 0.2) is 0 Å². The van der Waals surface area contributed by atoms with Gasteiger partial charge < -0.3 is 5.11 Å². The van der Waals surface area contributed by atoms with Gasteiger partial charge in [-0.2, -0.15) is 0 Å². The molecular formula is C7H14BrInO2. The summed E-state index contributed by atoms with van der Waals surface area (Å²) < 4.78 is 0. The molecule has 0 aliphatic heterocycles. The predicted octanol–water partition coefficient (Wildman–Crippen LogP) is 0.841. The van der Waals surface area contributed by atoms with Gasteiger partial charge >= 0.3 is 31.8 Å². The normalized spacial score (nSPS) is 30.6. The van der Waals surface area contributed by atoms with Crippen molar-refractivity contribution in [1.82, 2.24) is 0 Å². The molecule has 1 rings (SSSR count). The van der Waals surface area contributed by atoms with Crippen molar-refractivity contribution in [3.05, 3.63) is 0 Å². The molecule has 1 N–H and O–H groups in total. The zero-order chi connectivity index (χ0) is 7.56. The molecule has 2 atom stereocenters. The first-order valence-electron chi connectivity index (χ1n) is 3.57. The van der Waals surface area contributed by atoms with Crippen LogP contribution in [-0.4, -0.2) is 41.7 Å². The number of hydrogen-bond acceptors (Lipinski definition) is 1. The SMILES string of the molecule is O=C(O)C1CCCC(Br)C1.[InH3]. The van der Waals surface area contributed by atoms with Crippen LogP contribution in [0.15, 0.2) is 0 Å². The quantitative estimate of drug-likeness (QED) is 0.726. The minimum atomic E-state index is -0.635. The molecule has 1 aliphatic carbocycles. The summed E-state index contributed by atoms with van der Waals surface area (Å²) in [5.74, 6) is -0.734. The maximum absolute atomic E-state index is 10.5. The van der Waals surface area contributed by atoms with Crippen LogP contribution in [-0.2, 0) is 4.79 Å². The predicted molar refractivity (Wildman–Crippen MR) is 52.2 cm³/mol. The van der Waals surface area contributed by atoms with Gasteiger partial charge in [-0.25, -0.2) is 0 Å². The van der Waals surface area contributed by atoms with Crippen molar-refractivity contribution in [1.29, 1.82) is 0 Å². The molecule has 0 heterocycles. The number of carbonyl (C=O) groups is 1. The topological polar surface area (TPSA) is 37.3 Å². The van der Waals surface area contributed by atoms with Crippen molar-refractivity contribution in [2.24, 2.45) is 5.92 Å². The van der Waals surface area contributed by atoms with Crippen LogP contribution in [0.5, 0.6) is 0 Å². The van der Waals surface area contributed by atoms with Gasteiger partial charge in [0.25, 0.3) is 0 Å². The van der Waals surface area contributed by atoms with E-state index in [4.69, 9.17) is 5.11 Å². The summed E-state index contributed by atoms with van der Waals surface area (Å²) >= 11 is 3.43. The average Bonchev–Trinajstić information content (AvgIpc) is 1.88. The molecule has 0 aromatic rings. The molecular weight excluding hydrogens is 311 g/mol. The van der Waals surface area contributed by atoms with Crippen molar-refractivity contribution in [2.45, 2.75) is 30.5 Å². The molecule has 2 nitrogen and oxygen atoms in total. The van der Waals surface area contributed by atoms with E-state index >= 15 is 0 Å². The van der Waals surface area contributed by atoms with E-state index in [-0.39, 0.29) is 31.8 Å².